The molecule has 1 fully saturated rings. The number of anilines is 1. The Balaban J connectivity index is 1.52. The molecule has 1 amide bonds. The summed E-state index contributed by atoms with van der Waals surface area (Å²) in [5.74, 6) is -1.40. The Kier molecular flexibility index (Phi) is 7.21. The summed E-state index contributed by atoms with van der Waals surface area (Å²) in [7, 11) is 0. The smallest absolute Gasteiger partial charge is 0.301 e. The van der Waals surface area contributed by atoms with E-state index < -0.39 is 17.7 Å². The van der Waals surface area contributed by atoms with Gasteiger partial charge in [0.15, 0.2) is 0 Å². The molecule has 0 radical (unpaired) electrons. The highest BCUT2D eigenvalue weighted by Gasteiger charge is 2.48. The van der Waals surface area contributed by atoms with Gasteiger partial charge < -0.3 is 9.84 Å². The molecule has 1 unspecified atom stereocenters. The van der Waals surface area contributed by atoms with Gasteiger partial charge in [0.25, 0.3) is 5.78 Å². The maximum absolute atomic E-state index is 13.3. The molecule has 4 aromatic rings. The quantitative estimate of drug-likeness (QED) is 0.159. The average molecular weight is 566 g/mol. The van der Waals surface area contributed by atoms with Crippen LogP contribution >= 0.6 is 34.5 Å². The Morgan fingerprint density at radius 3 is 2.39 bits per heavy atom. The normalized spacial score (nSPS) is 16.7. The van der Waals surface area contributed by atoms with E-state index in [9.17, 15) is 14.7 Å². The molecule has 0 saturated carbocycles. The van der Waals surface area contributed by atoms with Crippen molar-refractivity contribution in [3.8, 4) is 5.75 Å². The van der Waals surface area contributed by atoms with Crippen molar-refractivity contribution in [2.24, 2.45) is 0 Å². The number of benzene rings is 3. The van der Waals surface area contributed by atoms with E-state index in [-0.39, 0.29) is 21.5 Å². The lowest BCUT2D eigenvalue weighted by Gasteiger charge is -2.23. The first-order valence-electron chi connectivity index (χ1n) is 11.6. The molecule has 192 valence electrons. The third-order valence-corrected chi connectivity index (χ3v) is 7.79. The number of aliphatic hydroxyl groups is 1. The minimum absolute atomic E-state index is 0.0881. The Labute approximate surface area is 232 Å². The van der Waals surface area contributed by atoms with E-state index in [2.05, 4.69) is 10.2 Å². The number of hydrogen-bond donors (Lipinski definition) is 1. The van der Waals surface area contributed by atoms with Gasteiger partial charge in [0.1, 0.15) is 23.1 Å². The fraction of sp³-hybridized carbons (Fsp3) is 0.143. The van der Waals surface area contributed by atoms with E-state index in [4.69, 9.17) is 27.9 Å². The molecule has 3 aromatic carbocycles. The van der Waals surface area contributed by atoms with Gasteiger partial charge in [-0.25, -0.2) is 0 Å². The Hall–Kier alpha value is -3.72. The van der Waals surface area contributed by atoms with Crippen molar-refractivity contribution in [2.75, 3.05) is 4.90 Å². The lowest BCUT2D eigenvalue weighted by Crippen LogP contribution is -2.29. The number of rotatable bonds is 6. The molecule has 0 bridgehead atoms. The van der Waals surface area contributed by atoms with Crippen molar-refractivity contribution in [1.82, 2.24) is 10.2 Å². The minimum Gasteiger partial charge on any atom is -0.507 e. The first kappa shape index (κ1) is 25.9. The Morgan fingerprint density at radius 2 is 1.74 bits per heavy atom. The second-order valence-electron chi connectivity index (χ2n) is 8.69. The van der Waals surface area contributed by atoms with E-state index in [0.717, 1.165) is 22.5 Å². The van der Waals surface area contributed by atoms with Gasteiger partial charge in [0.05, 0.1) is 21.7 Å². The molecule has 1 aromatic heterocycles. The van der Waals surface area contributed by atoms with Crippen molar-refractivity contribution < 1.29 is 19.4 Å². The largest absolute Gasteiger partial charge is 0.507 e. The molecule has 1 aliphatic heterocycles. The molecule has 1 saturated heterocycles. The van der Waals surface area contributed by atoms with Gasteiger partial charge in [-0.05, 0) is 66.9 Å². The van der Waals surface area contributed by atoms with Crippen LogP contribution in [0, 0.1) is 13.8 Å². The van der Waals surface area contributed by atoms with Crippen LogP contribution in [0.15, 0.2) is 72.3 Å². The molecule has 1 atom stereocenters. The van der Waals surface area contributed by atoms with Crippen LogP contribution in [0.2, 0.25) is 10.0 Å². The second-order valence-corrected chi connectivity index (χ2v) is 10.7. The van der Waals surface area contributed by atoms with Crippen molar-refractivity contribution in [2.45, 2.75) is 26.5 Å². The molecule has 38 heavy (non-hydrogen) atoms. The average Bonchev–Trinajstić information content (AvgIpc) is 3.45. The van der Waals surface area contributed by atoms with Gasteiger partial charge in [-0.2, -0.15) is 0 Å². The zero-order valence-corrected chi connectivity index (χ0v) is 22.6. The van der Waals surface area contributed by atoms with Gasteiger partial charge in [-0.3, -0.25) is 14.5 Å². The van der Waals surface area contributed by atoms with E-state index in [1.54, 1.807) is 49.4 Å². The number of aromatic nitrogens is 2. The van der Waals surface area contributed by atoms with Crippen LogP contribution in [0.4, 0.5) is 5.13 Å². The van der Waals surface area contributed by atoms with Gasteiger partial charge >= 0.3 is 5.91 Å². The van der Waals surface area contributed by atoms with Crippen LogP contribution in [0.25, 0.3) is 5.76 Å². The number of aryl methyl sites for hydroxylation is 2. The number of carbonyl (C=O) groups excluding carboxylic acids is 2. The molecular weight excluding hydrogens is 545 g/mol. The summed E-state index contributed by atoms with van der Waals surface area (Å²) >= 11 is 13.5. The highest BCUT2D eigenvalue weighted by molar-refractivity contribution is 7.15. The maximum Gasteiger partial charge on any atom is 0.301 e. The van der Waals surface area contributed by atoms with Crippen LogP contribution in [0.1, 0.15) is 33.3 Å². The maximum atomic E-state index is 13.3. The third kappa shape index (κ3) is 4.90. The second kappa shape index (κ2) is 10.6. The summed E-state index contributed by atoms with van der Waals surface area (Å²) < 4.78 is 5.90. The summed E-state index contributed by atoms with van der Waals surface area (Å²) in [4.78, 5) is 27.7. The summed E-state index contributed by atoms with van der Waals surface area (Å²) in [6, 6.07) is 18.4. The number of nitrogens with zero attached hydrogens (tertiary/aromatic N) is 3. The number of aliphatic hydroxyl groups excluding tert-OH is 1. The molecule has 7 nitrogen and oxygen atoms in total. The fourth-order valence-electron chi connectivity index (χ4n) is 4.21. The van der Waals surface area contributed by atoms with E-state index in [0.29, 0.717) is 33.5 Å². The molecule has 1 N–H and O–H groups in total. The van der Waals surface area contributed by atoms with E-state index in [1.807, 2.05) is 31.2 Å². The number of halogens is 2. The topological polar surface area (TPSA) is 92.6 Å². The van der Waals surface area contributed by atoms with Crippen molar-refractivity contribution in [3.63, 3.8) is 0 Å². The Bertz CT molecular complexity index is 1580. The minimum atomic E-state index is -0.978. The third-order valence-electron chi connectivity index (χ3n) is 6.21. The van der Waals surface area contributed by atoms with Gasteiger partial charge in [0, 0.05) is 5.56 Å². The van der Waals surface area contributed by atoms with Gasteiger partial charge in [-0.15, -0.1) is 10.2 Å². The lowest BCUT2D eigenvalue weighted by atomic mass is 9.95. The number of ether oxygens (including phenoxy) is 1. The predicted molar refractivity (Wildman–Crippen MR) is 148 cm³/mol. The van der Waals surface area contributed by atoms with Crippen LogP contribution in [-0.2, 0) is 16.2 Å². The number of ketones is 1. The number of hydrogen-bond acceptors (Lipinski definition) is 7. The predicted octanol–water partition coefficient (Wildman–Crippen LogP) is 6.67. The van der Waals surface area contributed by atoms with Crippen molar-refractivity contribution in [1.29, 1.82) is 0 Å². The van der Waals surface area contributed by atoms with Crippen LogP contribution in [-0.4, -0.2) is 27.0 Å². The number of amides is 1. The van der Waals surface area contributed by atoms with E-state index in [1.165, 1.54) is 4.90 Å². The standard InChI is InChI=1S/C28H21Cl2N3O4S/c1-15-5-3-4-6-19(15)14-37-20-10-7-17(8-11-20)25(34)23-24(18-9-12-21(29)22(30)13-18)33(27(36)26(23)35)28-32-31-16(2)38-28/h3-13,24,34H,14H2,1-2H3/b25-23+. The fourth-order valence-corrected chi connectivity index (χ4v) is 5.23. The molecular formula is C28H21Cl2N3O4S. The summed E-state index contributed by atoms with van der Waals surface area (Å²) in [5, 5.41) is 20.8. The molecule has 1 aliphatic rings. The molecule has 0 spiro atoms. The van der Waals surface area contributed by atoms with E-state index >= 15 is 0 Å². The van der Waals surface area contributed by atoms with Crippen molar-refractivity contribution >= 4 is 57.1 Å². The molecule has 2 heterocycles. The first-order chi connectivity index (χ1) is 18.2. The monoisotopic (exact) mass is 565 g/mol. The van der Waals surface area contributed by atoms with Crippen LogP contribution in [0.5, 0.6) is 5.75 Å². The lowest BCUT2D eigenvalue weighted by molar-refractivity contribution is -0.132. The summed E-state index contributed by atoms with van der Waals surface area (Å²) in [6.07, 6.45) is 0. The first-order valence-corrected chi connectivity index (χ1v) is 13.2. The summed E-state index contributed by atoms with van der Waals surface area (Å²) in [6.45, 7) is 4.15. The molecule has 10 heteroatoms. The number of Topliss-reactive ketones (excluding diaryl/α,β-unsaturated/α-hetero) is 1. The number of carbonyl (C=O) groups is 2. The van der Waals surface area contributed by atoms with Crippen LogP contribution in [0.3, 0.4) is 0 Å². The Morgan fingerprint density at radius 1 is 1.00 bits per heavy atom. The highest BCUT2D eigenvalue weighted by Crippen LogP contribution is 2.44. The zero-order valence-electron chi connectivity index (χ0n) is 20.3. The summed E-state index contributed by atoms with van der Waals surface area (Å²) in [5.41, 5.74) is 2.94. The van der Waals surface area contributed by atoms with Crippen LogP contribution < -0.4 is 9.64 Å². The SMILES string of the molecule is Cc1nnc(N2C(=O)C(=O)/C(=C(/O)c3ccc(OCc4ccccc4C)cc3)C2c2ccc(Cl)c(Cl)c2)s1. The highest BCUT2D eigenvalue weighted by atomic mass is 35.5. The molecule has 0 aliphatic carbocycles. The van der Waals surface area contributed by atoms with Gasteiger partial charge in [-0.1, -0.05) is 64.9 Å². The zero-order chi connectivity index (χ0) is 27.0. The van der Waals surface area contributed by atoms with Crippen molar-refractivity contribution in [3.05, 3.63) is 110 Å². The molecule has 5 rings (SSSR count). The van der Waals surface area contributed by atoms with Gasteiger partial charge in [0.2, 0.25) is 5.13 Å².